The Labute approximate surface area is 172 Å². The molecule has 0 aliphatic carbocycles. The van der Waals surface area contributed by atoms with E-state index in [4.69, 9.17) is 15.2 Å². The van der Waals surface area contributed by atoms with E-state index in [-0.39, 0.29) is 24.0 Å². The number of rotatable bonds is 8. The molecule has 6 nitrogen and oxygen atoms in total. The lowest BCUT2D eigenvalue weighted by atomic mass is 10.3. The molecule has 0 saturated heterocycles. The summed E-state index contributed by atoms with van der Waals surface area (Å²) in [7, 11) is 0. The summed E-state index contributed by atoms with van der Waals surface area (Å²) in [6.07, 6.45) is 1.75. The molecule has 0 saturated carbocycles. The van der Waals surface area contributed by atoms with Crippen LogP contribution < -0.4 is 15.2 Å². The van der Waals surface area contributed by atoms with E-state index in [1.54, 1.807) is 6.20 Å². The molecule has 7 heteroatoms. The Hall–Kier alpha value is -2.03. The lowest BCUT2D eigenvalue weighted by Crippen LogP contribution is -2.37. The minimum atomic E-state index is 0. The van der Waals surface area contributed by atoms with Gasteiger partial charge < -0.3 is 20.1 Å². The smallest absolute Gasteiger partial charge is 0.219 e. The third-order valence-corrected chi connectivity index (χ3v) is 3.67. The average Bonchev–Trinajstić information content (AvgIpc) is 2.64. The third-order valence-electron chi connectivity index (χ3n) is 3.67. The molecule has 1 heterocycles. The summed E-state index contributed by atoms with van der Waals surface area (Å²) < 4.78 is 11.4. The Morgan fingerprint density at radius 2 is 1.77 bits per heavy atom. The van der Waals surface area contributed by atoms with Crippen molar-refractivity contribution in [2.75, 3.05) is 19.7 Å². The van der Waals surface area contributed by atoms with E-state index in [1.807, 2.05) is 48.2 Å². The zero-order valence-corrected chi connectivity index (χ0v) is 17.8. The fourth-order valence-corrected chi connectivity index (χ4v) is 2.31. The largest absolute Gasteiger partial charge is 0.490 e. The highest BCUT2D eigenvalue weighted by molar-refractivity contribution is 14.0. The van der Waals surface area contributed by atoms with Crippen LogP contribution in [0, 0.1) is 0 Å². The van der Waals surface area contributed by atoms with Gasteiger partial charge >= 0.3 is 0 Å². The second kappa shape index (κ2) is 11.6. The van der Waals surface area contributed by atoms with Crippen molar-refractivity contribution >= 4 is 29.9 Å². The minimum Gasteiger partial charge on any atom is -0.490 e. The van der Waals surface area contributed by atoms with Crippen molar-refractivity contribution < 1.29 is 9.47 Å². The molecule has 0 atom stereocenters. The van der Waals surface area contributed by atoms with E-state index in [0.29, 0.717) is 36.5 Å². The van der Waals surface area contributed by atoms with Crippen molar-refractivity contribution in [2.24, 2.45) is 10.7 Å². The highest BCUT2D eigenvalue weighted by Gasteiger charge is 2.06. The molecule has 0 unspecified atom stereocenters. The number of nitrogens with two attached hydrogens (primary N) is 1. The molecule has 0 fully saturated rings. The van der Waals surface area contributed by atoms with Crippen molar-refractivity contribution in [3.05, 3.63) is 48.2 Å². The number of guanidine groups is 1. The number of para-hydroxylation sites is 2. The van der Waals surface area contributed by atoms with Gasteiger partial charge in [0.25, 0.3) is 0 Å². The molecule has 0 amide bonds. The molecule has 1 aromatic carbocycles. The van der Waals surface area contributed by atoms with E-state index in [1.165, 1.54) is 0 Å². The lowest BCUT2D eigenvalue weighted by Gasteiger charge is -2.19. The summed E-state index contributed by atoms with van der Waals surface area (Å²) >= 11 is 0. The molecule has 2 aromatic rings. The summed E-state index contributed by atoms with van der Waals surface area (Å²) in [4.78, 5) is 10.8. The fourth-order valence-electron chi connectivity index (χ4n) is 2.31. The molecule has 2 rings (SSSR count). The van der Waals surface area contributed by atoms with Gasteiger partial charge in [0.2, 0.25) is 5.88 Å². The molecule has 0 bridgehead atoms. The van der Waals surface area contributed by atoms with Gasteiger partial charge in [-0.1, -0.05) is 18.2 Å². The normalized spacial score (nSPS) is 10.8. The molecule has 2 N–H and O–H groups in total. The highest BCUT2D eigenvalue weighted by atomic mass is 127. The Morgan fingerprint density at radius 1 is 1.08 bits per heavy atom. The molecule has 26 heavy (non-hydrogen) atoms. The van der Waals surface area contributed by atoms with Crippen molar-refractivity contribution in [3.63, 3.8) is 0 Å². The minimum absolute atomic E-state index is 0. The molecular weight excluding hydrogens is 443 g/mol. The van der Waals surface area contributed by atoms with Crippen LogP contribution in [0.15, 0.2) is 47.6 Å². The van der Waals surface area contributed by atoms with Gasteiger partial charge in [-0.05, 0) is 38.5 Å². The number of halogens is 1. The van der Waals surface area contributed by atoms with E-state index in [9.17, 15) is 0 Å². The van der Waals surface area contributed by atoms with E-state index >= 15 is 0 Å². The predicted octanol–water partition coefficient (Wildman–Crippen LogP) is 4.05. The molecule has 0 aliphatic rings. The summed E-state index contributed by atoms with van der Waals surface area (Å²) in [5.41, 5.74) is 6.95. The van der Waals surface area contributed by atoms with Crippen LogP contribution in [0.25, 0.3) is 0 Å². The molecule has 142 valence electrons. The van der Waals surface area contributed by atoms with Crippen molar-refractivity contribution in [1.29, 1.82) is 0 Å². The molecular formula is C19H27IN4O2. The van der Waals surface area contributed by atoms with Crippen LogP contribution >= 0.6 is 24.0 Å². The third kappa shape index (κ3) is 6.36. The van der Waals surface area contributed by atoms with Crippen molar-refractivity contribution in [3.8, 4) is 17.4 Å². The van der Waals surface area contributed by atoms with Gasteiger partial charge in [-0.15, -0.1) is 24.0 Å². The SMILES string of the molecule is CCOc1ccccc1Oc1ccc(CN=C(N)N(CC)CC)cn1.I. The molecule has 0 radical (unpaired) electrons. The first-order chi connectivity index (χ1) is 12.2. The molecule has 0 spiro atoms. The van der Waals surface area contributed by atoms with Gasteiger partial charge in [-0.2, -0.15) is 0 Å². The maximum atomic E-state index is 5.98. The van der Waals surface area contributed by atoms with Gasteiger partial charge in [0.15, 0.2) is 17.5 Å². The van der Waals surface area contributed by atoms with Crippen molar-refractivity contribution in [2.45, 2.75) is 27.3 Å². The van der Waals surface area contributed by atoms with Crippen LogP contribution in [0.2, 0.25) is 0 Å². The number of hydrogen-bond acceptors (Lipinski definition) is 4. The van der Waals surface area contributed by atoms with Crippen LogP contribution in [0.4, 0.5) is 0 Å². The van der Waals surface area contributed by atoms with Crippen LogP contribution in [0.3, 0.4) is 0 Å². The van der Waals surface area contributed by atoms with E-state index < -0.39 is 0 Å². The summed E-state index contributed by atoms with van der Waals surface area (Å²) in [6, 6.07) is 11.3. The number of hydrogen-bond donors (Lipinski definition) is 1. The monoisotopic (exact) mass is 470 g/mol. The average molecular weight is 470 g/mol. The first kappa shape index (κ1) is 22.0. The van der Waals surface area contributed by atoms with Gasteiger partial charge in [-0.3, -0.25) is 0 Å². The zero-order chi connectivity index (χ0) is 18.1. The van der Waals surface area contributed by atoms with Crippen molar-refractivity contribution in [1.82, 2.24) is 9.88 Å². The standard InChI is InChI=1S/C19H26N4O2.HI/c1-4-23(5-2)19(20)22-14-15-11-12-18(21-13-15)25-17-10-8-7-9-16(17)24-6-3;/h7-13H,4-6,14H2,1-3H3,(H2,20,22);1H. The van der Waals surface area contributed by atoms with Crippen LogP contribution in [-0.4, -0.2) is 35.5 Å². The Kier molecular flexibility index (Phi) is 9.79. The second-order valence-electron chi connectivity index (χ2n) is 5.33. The number of aliphatic imine (C=N–C) groups is 1. The van der Waals surface area contributed by atoms with Crippen LogP contribution in [0.5, 0.6) is 17.4 Å². The molecule has 1 aromatic heterocycles. The summed E-state index contributed by atoms with van der Waals surface area (Å²) in [6.45, 7) is 8.81. The number of benzene rings is 1. The van der Waals surface area contributed by atoms with Gasteiger partial charge in [0.1, 0.15) is 0 Å². The Morgan fingerprint density at radius 3 is 2.35 bits per heavy atom. The predicted molar refractivity (Wildman–Crippen MR) is 116 cm³/mol. The molecule has 0 aliphatic heterocycles. The lowest BCUT2D eigenvalue weighted by molar-refractivity contribution is 0.319. The fraction of sp³-hybridized carbons (Fsp3) is 0.368. The van der Waals surface area contributed by atoms with Gasteiger partial charge in [0, 0.05) is 25.4 Å². The summed E-state index contributed by atoms with van der Waals surface area (Å²) in [5, 5.41) is 0. The first-order valence-electron chi connectivity index (χ1n) is 8.57. The Bertz CT molecular complexity index is 688. The van der Waals surface area contributed by atoms with E-state index in [0.717, 1.165) is 18.7 Å². The van der Waals surface area contributed by atoms with Gasteiger partial charge in [0.05, 0.1) is 13.2 Å². The van der Waals surface area contributed by atoms with Crippen LogP contribution in [0.1, 0.15) is 26.3 Å². The second-order valence-corrected chi connectivity index (χ2v) is 5.33. The quantitative estimate of drug-likeness (QED) is 0.358. The number of pyridine rings is 1. The number of ether oxygens (including phenoxy) is 2. The number of nitrogens with zero attached hydrogens (tertiary/aromatic N) is 3. The summed E-state index contributed by atoms with van der Waals surface area (Å²) in [5.74, 6) is 2.41. The first-order valence-corrected chi connectivity index (χ1v) is 8.57. The topological polar surface area (TPSA) is 73.0 Å². The highest BCUT2D eigenvalue weighted by Crippen LogP contribution is 2.30. The maximum absolute atomic E-state index is 5.98. The maximum Gasteiger partial charge on any atom is 0.219 e. The number of aromatic nitrogens is 1. The van der Waals surface area contributed by atoms with Gasteiger partial charge in [-0.25, -0.2) is 9.98 Å². The Balaban J connectivity index is 0.00000338. The van der Waals surface area contributed by atoms with Crippen LogP contribution in [-0.2, 0) is 6.54 Å². The zero-order valence-electron chi connectivity index (χ0n) is 15.5. The van der Waals surface area contributed by atoms with E-state index in [2.05, 4.69) is 23.8 Å².